The molecule has 0 radical (unpaired) electrons. The molecule has 1 heterocycles. The Morgan fingerprint density at radius 1 is 0.870 bits per heavy atom. The zero-order valence-electron chi connectivity index (χ0n) is 13.0. The van der Waals surface area contributed by atoms with Crippen molar-refractivity contribution < 1.29 is 4.79 Å². The summed E-state index contributed by atoms with van der Waals surface area (Å²) >= 11 is 0. The molecule has 23 heavy (non-hydrogen) atoms. The number of benzene rings is 2. The molecule has 0 fully saturated rings. The minimum atomic E-state index is -0.0277. The van der Waals surface area contributed by atoms with Crippen molar-refractivity contribution in [3.63, 3.8) is 0 Å². The van der Waals surface area contributed by atoms with Gasteiger partial charge in [-0.3, -0.25) is 9.78 Å². The van der Waals surface area contributed by atoms with Crippen LogP contribution in [0.15, 0.2) is 78.9 Å². The fraction of sp³-hybridized carbons (Fsp3) is 0.100. The van der Waals surface area contributed by atoms with Crippen molar-refractivity contribution in [2.75, 3.05) is 4.90 Å². The Hall–Kier alpha value is -2.94. The standard InChI is InChI=1S/C20H18N2O/c1-16-9-8-12-18(21-16)15-22(19-13-6-3-7-14-19)20(23)17-10-4-2-5-11-17/h2-14H,15H2,1H3. The number of nitrogens with zero attached hydrogens (tertiary/aromatic N) is 2. The van der Waals surface area contributed by atoms with Crippen LogP contribution in [-0.4, -0.2) is 10.9 Å². The van der Waals surface area contributed by atoms with Gasteiger partial charge in [-0.05, 0) is 43.3 Å². The van der Waals surface area contributed by atoms with Crippen LogP contribution in [0.1, 0.15) is 21.7 Å². The molecule has 0 saturated heterocycles. The van der Waals surface area contributed by atoms with Crippen molar-refractivity contribution in [1.82, 2.24) is 4.98 Å². The number of rotatable bonds is 4. The summed E-state index contributed by atoms with van der Waals surface area (Å²) in [5.74, 6) is -0.0277. The topological polar surface area (TPSA) is 33.2 Å². The SMILES string of the molecule is Cc1cccc(CN(C(=O)c2ccccc2)c2ccccc2)n1. The van der Waals surface area contributed by atoms with Gasteiger partial charge in [0.2, 0.25) is 0 Å². The fourth-order valence-electron chi connectivity index (χ4n) is 2.47. The van der Waals surface area contributed by atoms with Crippen molar-refractivity contribution in [3.8, 4) is 0 Å². The zero-order valence-corrected chi connectivity index (χ0v) is 13.0. The van der Waals surface area contributed by atoms with Gasteiger partial charge in [-0.1, -0.05) is 42.5 Å². The molecule has 3 nitrogen and oxygen atoms in total. The van der Waals surface area contributed by atoms with Crippen LogP contribution in [-0.2, 0) is 6.54 Å². The van der Waals surface area contributed by atoms with E-state index in [9.17, 15) is 4.79 Å². The van der Waals surface area contributed by atoms with Crippen molar-refractivity contribution in [2.45, 2.75) is 13.5 Å². The predicted molar refractivity (Wildman–Crippen MR) is 92.4 cm³/mol. The summed E-state index contributed by atoms with van der Waals surface area (Å²) in [6.07, 6.45) is 0. The van der Waals surface area contributed by atoms with Crippen LogP contribution in [0.2, 0.25) is 0 Å². The van der Waals surface area contributed by atoms with Gasteiger partial charge in [-0.25, -0.2) is 0 Å². The lowest BCUT2D eigenvalue weighted by atomic mass is 10.1. The van der Waals surface area contributed by atoms with E-state index in [1.54, 1.807) is 4.90 Å². The third-order valence-electron chi connectivity index (χ3n) is 3.60. The van der Waals surface area contributed by atoms with E-state index in [1.165, 1.54) is 0 Å². The van der Waals surface area contributed by atoms with Gasteiger partial charge in [-0.15, -0.1) is 0 Å². The molecule has 1 aromatic heterocycles. The number of anilines is 1. The molecule has 0 N–H and O–H groups in total. The van der Waals surface area contributed by atoms with E-state index in [4.69, 9.17) is 0 Å². The molecular formula is C20H18N2O. The maximum absolute atomic E-state index is 12.9. The number of hydrogen-bond donors (Lipinski definition) is 0. The van der Waals surface area contributed by atoms with Crippen LogP contribution in [0.3, 0.4) is 0 Å². The Bertz CT molecular complexity index is 785. The highest BCUT2D eigenvalue weighted by molar-refractivity contribution is 6.05. The van der Waals surface area contributed by atoms with E-state index in [0.29, 0.717) is 12.1 Å². The largest absolute Gasteiger partial charge is 0.302 e. The number of amides is 1. The van der Waals surface area contributed by atoms with Crippen molar-refractivity contribution in [2.24, 2.45) is 0 Å². The summed E-state index contributed by atoms with van der Waals surface area (Å²) in [4.78, 5) is 19.2. The average Bonchev–Trinajstić information content (AvgIpc) is 2.61. The summed E-state index contributed by atoms with van der Waals surface area (Å²) in [5, 5.41) is 0. The van der Waals surface area contributed by atoms with E-state index >= 15 is 0 Å². The highest BCUT2D eigenvalue weighted by Crippen LogP contribution is 2.19. The zero-order chi connectivity index (χ0) is 16.1. The van der Waals surface area contributed by atoms with E-state index in [2.05, 4.69) is 4.98 Å². The maximum atomic E-state index is 12.9. The van der Waals surface area contributed by atoms with E-state index in [-0.39, 0.29) is 5.91 Å². The lowest BCUT2D eigenvalue weighted by Crippen LogP contribution is -2.30. The lowest BCUT2D eigenvalue weighted by molar-refractivity contribution is 0.0985. The van der Waals surface area contributed by atoms with Gasteiger partial charge in [0, 0.05) is 16.9 Å². The van der Waals surface area contributed by atoms with Gasteiger partial charge >= 0.3 is 0 Å². The third kappa shape index (κ3) is 3.64. The Labute approximate surface area is 136 Å². The second-order valence-electron chi connectivity index (χ2n) is 5.36. The van der Waals surface area contributed by atoms with Crippen LogP contribution in [0, 0.1) is 6.92 Å². The summed E-state index contributed by atoms with van der Waals surface area (Å²) in [6, 6.07) is 24.9. The van der Waals surface area contributed by atoms with Crippen molar-refractivity contribution >= 4 is 11.6 Å². The van der Waals surface area contributed by atoms with Gasteiger partial charge in [0.15, 0.2) is 0 Å². The Balaban J connectivity index is 1.96. The summed E-state index contributed by atoms with van der Waals surface area (Å²) in [6.45, 7) is 2.40. The normalized spacial score (nSPS) is 10.3. The van der Waals surface area contributed by atoms with Gasteiger partial charge in [0.1, 0.15) is 0 Å². The van der Waals surface area contributed by atoms with Gasteiger partial charge in [0.05, 0.1) is 12.2 Å². The summed E-state index contributed by atoms with van der Waals surface area (Å²) in [7, 11) is 0. The summed E-state index contributed by atoms with van der Waals surface area (Å²) < 4.78 is 0. The molecule has 1 amide bonds. The second-order valence-corrected chi connectivity index (χ2v) is 5.36. The smallest absolute Gasteiger partial charge is 0.258 e. The van der Waals surface area contributed by atoms with Crippen LogP contribution in [0.5, 0.6) is 0 Å². The molecule has 0 aliphatic carbocycles. The van der Waals surface area contributed by atoms with E-state index in [1.807, 2.05) is 85.8 Å². The number of carbonyl (C=O) groups excluding carboxylic acids is 1. The molecule has 114 valence electrons. The number of aryl methyl sites for hydroxylation is 1. The molecular weight excluding hydrogens is 284 g/mol. The number of pyridine rings is 1. The lowest BCUT2D eigenvalue weighted by Gasteiger charge is -2.23. The van der Waals surface area contributed by atoms with E-state index < -0.39 is 0 Å². The molecule has 0 aliphatic heterocycles. The minimum Gasteiger partial charge on any atom is -0.302 e. The second kappa shape index (κ2) is 6.88. The van der Waals surface area contributed by atoms with Gasteiger partial charge in [0.25, 0.3) is 5.91 Å². The summed E-state index contributed by atoms with van der Waals surface area (Å²) in [5.41, 5.74) is 3.36. The molecule has 0 spiro atoms. The molecule has 0 bridgehead atoms. The van der Waals surface area contributed by atoms with Crippen LogP contribution < -0.4 is 4.90 Å². The first kappa shape index (κ1) is 15.0. The first-order valence-electron chi connectivity index (χ1n) is 7.58. The van der Waals surface area contributed by atoms with Crippen LogP contribution in [0.4, 0.5) is 5.69 Å². The molecule has 3 heteroatoms. The molecule has 2 aromatic carbocycles. The Morgan fingerprint density at radius 2 is 1.52 bits per heavy atom. The highest BCUT2D eigenvalue weighted by atomic mass is 16.2. The average molecular weight is 302 g/mol. The first-order valence-corrected chi connectivity index (χ1v) is 7.58. The molecule has 3 rings (SSSR count). The molecule has 0 unspecified atom stereocenters. The van der Waals surface area contributed by atoms with Gasteiger partial charge in [-0.2, -0.15) is 0 Å². The van der Waals surface area contributed by atoms with E-state index in [0.717, 1.165) is 17.1 Å². The first-order chi connectivity index (χ1) is 11.2. The minimum absolute atomic E-state index is 0.0277. The Kier molecular flexibility index (Phi) is 4.48. The Morgan fingerprint density at radius 3 is 2.17 bits per heavy atom. The number of para-hydroxylation sites is 1. The molecule has 0 saturated carbocycles. The molecule has 0 aliphatic rings. The van der Waals surface area contributed by atoms with Crippen molar-refractivity contribution in [1.29, 1.82) is 0 Å². The fourth-order valence-corrected chi connectivity index (χ4v) is 2.47. The van der Waals surface area contributed by atoms with Crippen molar-refractivity contribution in [3.05, 3.63) is 95.8 Å². The molecule has 0 atom stereocenters. The maximum Gasteiger partial charge on any atom is 0.258 e. The predicted octanol–water partition coefficient (Wildman–Crippen LogP) is 4.24. The van der Waals surface area contributed by atoms with Gasteiger partial charge < -0.3 is 4.90 Å². The number of hydrogen-bond acceptors (Lipinski definition) is 2. The molecule has 3 aromatic rings. The number of aromatic nitrogens is 1. The quantitative estimate of drug-likeness (QED) is 0.722. The monoisotopic (exact) mass is 302 g/mol. The number of carbonyl (C=O) groups is 1. The highest BCUT2D eigenvalue weighted by Gasteiger charge is 2.18. The third-order valence-corrected chi connectivity index (χ3v) is 3.60. The van der Waals surface area contributed by atoms with Crippen LogP contribution in [0.25, 0.3) is 0 Å². The van der Waals surface area contributed by atoms with Crippen LogP contribution >= 0.6 is 0 Å².